The number of rotatable bonds is 4. The van der Waals surface area contributed by atoms with E-state index in [4.69, 9.17) is 0 Å². The molecule has 3 fully saturated rings. The van der Waals surface area contributed by atoms with Gasteiger partial charge >= 0.3 is 0 Å². The molecule has 1 aromatic heterocycles. The number of halogens is 1. The van der Waals surface area contributed by atoms with Gasteiger partial charge in [0.2, 0.25) is 5.91 Å². The third kappa shape index (κ3) is 4.41. The van der Waals surface area contributed by atoms with Crippen LogP contribution in [0.1, 0.15) is 25.7 Å². The van der Waals surface area contributed by atoms with Crippen LogP contribution in [-0.4, -0.2) is 90.5 Å². The summed E-state index contributed by atoms with van der Waals surface area (Å²) in [6, 6.07) is 3.81. The minimum absolute atomic E-state index is 0.235. The Bertz CT molecular complexity index is 635. The Kier molecular flexibility index (Phi) is 5.88. The van der Waals surface area contributed by atoms with Gasteiger partial charge in [0, 0.05) is 64.6 Å². The van der Waals surface area contributed by atoms with E-state index in [0.29, 0.717) is 25.5 Å². The molecule has 0 N–H and O–H groups in total. The Balaban J connectivity index is 1.21. The summed E-state index contributed by atoms with van der Waals surface area (Å²) in [5.74, 6) is 0.382. The molecule has 3 heterocycles. The Hall–Kier alpha value is -1.73. The van der Waals surface area contributed by atoms with Crippen LogP contribution < -0.4 is 4.90 Å². The fraction of sp³-hybridized carbons (Fsp3) is 0.700. The van der Waals surface area contributed by atoms with E-state index in [1.165, 1.54) is 31.7 Å². The van der Waals surface area contributed by atoms with Crippen LogP contribution in [-0.2, 0) is 4.79 Å². The maximum Gasteiger partial charge on any atom is 0.236 e. The zero-order valence-electron chi connectivity index (χ0n) is 16.0. The van der Waals surface area contributed by atoms with E-state index in [1.54, 1.807) is 12.3 Å². The Morgan fingerprint density at radius 3 is 2.41 bits per heavy atom. The summed E-state index contributed by atoms with van der Waals surface area (Å²) < 4.78 is 13.9. The molecule has 2 aliphatic heterocycles. The van der Waals surface area contributed by atoms with Gasteiger partial charge in [-0.3, -0.25) is 14.6 Å². The number of pyridine rings is 1. The van der Waals surface area contributed by atoms with Crippen LogP contribution in [0, 0.1) is 5.82 Å². The number of aromatic nitrogens is 1. The molecule has 1 amide bonds. The summed E-state index contributed by atoms with van der Waals surface area (Å²) in [4.78, 5) is 25.6. The first-order chi connectivity index (χ1) is 13.2. The Morgan fingerprint density at radius 2 is 1.74 bits per heavy atom. The molecule has 0 spiro atoms. The van der Waals surface area contributed by atoms with E-state index in [9.17, 15) is 9.18 Å². The predicted molar refractivity (Wildman–Crippen MR) is 103 cm³/mol. The molecule has 2 saturated heterocycles. The molecule has 0 unspecified atom stereocenters. The predicted octanol–water partition coefficient (Wildman–Crippen LogP) is 1.43. The highest BCUT2D eigenvalue weighted by atomic mass is 19.1. The summed E-state index contributed by atoms with van der Waals surface area (Å²) in [7, 11) is 0. The molecule has 0 atom stereocenters. The van der Waals surface area contributed by atoms with Gasteiger partial charge in [-0.2, -0.15) is 0 Å². The summed E-state index contributed by atoms with van der Waals surface area (Å²) >= 11 is 0. The topological polar surface area (TPSA) is 42.9 Å². The highest BCUT2D eigenvalue weighted by molar-refractivity contribution is 5.78. The number of carbonyl (C=O) groups excluding carboxylic acids is 1. The molecule has 7 heteroatoms. The van der Waals surface area contributed by atoms with Crippen LogP contribution in [0.15, 0.2) is 18.3 Å². The van der Waals surface area contributed by atoms with Gasteiger partial charge in [-0.1, -0.05) is 12.8 Å². The zero-order chi connectivity index (χ0) is 18.6. The molecule has 0 radical (unpaired) electrons. The minimum atomic E-state index is -0.276. The Labute approximate surface area is 160 Å². The van der Waals surface area contributed by atoms with Crippen molar-refractivity contribution >= 4 is 11.7 Å². The minimum Gasteiger partial charge on any atom is -0.352 e. The molecule has 0 bridgehead atoms. The van der Waals surface area contributed by atoms with Crippen molar-refractivity contribution in [1.29, 1.82) is 0 Å². The molecule has 27 heavy (non-hydrogen) atoms. The van der Waals surface area contributed by atoms with Crippen LogP contribution in [0.25, 0.3) is 0 Å². The van der Waals surface area contributed by atoms with Crippen LogP contribution >= 0.6 is 0 Å². The van der Waals surface area contributed by atoms with Crippen molar-refractivity contribution in [3.8, 4) is 0 Å². The van der Waals surface area contributed by atoms with Crippen molar-refractivity contribution in [3.63, 3.8) is 0 Å². The Morgan fingerprint density at radius 1 is 1.04 bits per heavy atom. The van der Waals surface area contributed by atoms with E-state index in [0.717, 1.165) is 45.3 Å². The summed E-state index contributed by atoms with van der Waals surface area (Å²) in [5.41, 5.74) is 0. The second-order valence-corrected chi connectivity index (χ2v) is 7.93. The van der Waals surface area contributed by atoms with Gasteiger partial charge in [-0.25, -0.2) is 9.37 Å². The second kappa shape index (κ2) is 8.52. The SMILES string of the molecule is O=C(CN1CCN(c2ncccc2F)CC1)N1CCN(C2CCCC2)CC1. The van der Waals surface area contributed by atoms with Crippen LogP contribution in [0.4, 0.5) is 10.2 Å². The normalized spacial score (nSPS) is 23.1. The van der Waals surface area contributed by atoms with E-state index >= 15 is 0 Å². The first-order valence-electron chi connectivity index (χ1n) is 10.3. The number of hydrogen-bond acceptors (Lipinski definition) is 5. The molecule has 148 valence electrons. The highest BCUT2D eigenvalue weighted by Gasteiger charge is 2.29. The maximum atomic E-state index is 13.9. The number of nitrogens with zero attached hydrogens (tertiary/aromatic N) is 5. The molecule has 4 rings (SSSR count). The summed E-state index contributed by atoms with van der Waals surface area (Å²) in [5, 5.41) is 0. The number of carbonyl (C=O) groups is 1. The fourth-order valence-electron chi connectivity index (χ4n) is 4.63. The number of anilines is 1. The van der Waals surface area contributed by atoms with Gasteiger partial charge < -0.3 is 9.80 Å². The van der Waals surface area contributed by atoms with Crippen molar-refractivity contribution in [2.45, 2.75) is 31.7 Å². The molecular formula is C20H30FN5O. The standard InChI is InChI=1S/C20H30FN5O/c21-18-6-3-7-22-20(18)26-10-8-23(9-11-26)16-19(27)25-14-12-24(13-15-25)17-4-1-2-5-17/h3,6-7,17H,1-2,4-5,8-16H2. The lowest BCUT2D eigenvalue weighted by molar-refractivity contribution is -0.134. The van der Waals surface area contributed by atoms with Gasteiger partial charge in [0.05, 0.1) is 6.54 Å². The van der Waals surface area contributed by atoms with E-state index < -0.39 is 0 Å². The van der Waals surface area contributed by atoms with Crippen molar-refractivity contribution < 1.29 is 9.18 Å². The van der Waals surface area contributed by atoms with Crippen LogP contribution in [0.3, 0.4) is 0 Å². The van der Waals surface area contributed by atoms with Crippen molar-refractivity contribution in [2.75, 3.05) is 63.8 Å². The average Bonchev–Trinajstić information content (AvgIpc) is 3.24. The van der Waals surface area contributed by atoms with E-state index in [1.807, 2.05) is 9.80 Å². The molecule has 1 saturated carbocycles. The van der Waals surface area contributed by atoms with Crippen molar-refractivity contribution in [1.82, 2.24) is 19.7 Å². The lowest BCUT2D eigenvalue weighted by Crippen LogP contribution is -2.55. The largest absolute Gasteiger partial charge is 0.352 e. The lowest BCUT2D eigenvalue weighted by Gasteiger charge is -2.40. The molecule has 1 aliphatic carbocycles. The zero-order valence-corrected chi connectivity index (χ0v) is 16.0. The maximum absolute atomic E-state index is 13.9. The quantitative estimate of drug-likeness (QED) is 0.797. The summed E-state index contributed by atoms with van der Waals surface area (Å²) in [6.07, 6.45) is 7.00. The van der Waals surface area contributed by atoms with Crippen LogP contribution in [0.2, 0.25) is 0 Å². The molecule has 6 nitrogen and oxygen atoms in total. The average molecular weight is 375 g/mol. The third-order valence-electron chi connectivity index (χ3n) is 6.28. The lowest BCUT2D eigenvalue weighted by atomic mass is 10.2. The van der Waals surface area contributed by atoms with Crippen LogP contribution in [0.5, 0.6) is 0 Å². The van der Waals surface area contributed by atoms with Gasteiger partial charge in [0.1, 0.15) is 0 Å². The molecule has 1 aromatic rings. The van der Waals surface area contributed by atoms with E-state index in [2.05, 4.69) is 14.8 Å². The third-order valence-corrected chi connectivity index (χ3v) is 6.28. The molecule has 0 aromatic carbocycles. The first-order valence-corrected chi connectivity index (χ1v) is 10.3. The highest BCUT2D eigenvalue weighted by Crippen LogP contribution is 2.24. The second-order valence-electron chi connectivity index (χ2n) is 7.93. The first kappa shape index (κ1) is 18.6. The van der Waals surface area contributed by atoms with Gasteiger partial charge in [0.25, 0.3) is 0 Å². The number of amides is 1. The fourth-order valence-corrected chi connectivity index (χ4v) is 4.63. The van der Waals surface area contributed by atoms with Crippen molar-refractivity contribution in [2.24, 2.45) is 0 Å². The summed E-state index contributed by atoms with van der Waals surface area (Å²) in [6.45, 7) is 7.16. The smallest absolute Gasteiger partial charge is 0.236 e. The molecule has 3 aliphatic rings. The number of piperazine rings is 2. The number of hydrogen-bond donors (Lipinski definition) is 0. The van der Waals surface area contributed by atoms with Crippen molar-refractivity contribution in [3.05, 3.63) is 24.1 Å². The van der Waals surface area contributed by atoms with Gasteiger partial charge in [-0.05, 0) is 25.0 Å². The molecular weight excluding hydrogens is 345 g/mol. The van der Waals surface area contributed by atoms with E-state index in [-0.39, 0.29) is 11.7 Å². The van der Waals surface area contributed by atoms with Gasteiger partial charge in [0.15, 0.2) is 11.6 Å². The monoisotopic (exact) mass is 375 g/mol. The van der Waals surface area contributed by atoms with Gasteiger partial charge in [-0.15, -0.1) is 0 Å².